The normalized spacial score (nSPS) is 31.2. The van der Waals surface area contributed by atoms with E-state index in [0.29, 0.717) is 39.3 Å². The fraction of sp³-hybridized carbons (Fsp3) is 0.938. The molecule has 1 amide bonds. The molecular formula is C16H31N5O3S. The zero-order valence-corrected chi connectivity index (χ0v) is 16.0. The minimum absolute atomic E-state index is 0.0181. The van der Waals surface area contributed by atoms with Crippen molar-refractivity contribution in [2.45, 2.75) is 31.7 Å². The lowest BCUT2D eigenvalue weighted by Crippen LogP contribution is -2.57. The number of amides is 1. The summed E-state index contributed by atoms with van der Waals surface area (Å²) in [4.78, 5) is 16.6. The summed E-state index contributed by atoms with van der Waals surface area (Å²) in [6.07, 6.45) is 3.68. The molecule has 9 heteroatoms. The lowest BCUT2D eigenvalue weighted by atomic mass is 9.85. The van der Waals surface area contributed by atoms with Crippen LogP contribution in [0, 0.1) is 5.92 Å². The van der Waals surface area contributed by atoms with Gasteiger partial charge in [0.2, 0.25) is 5.91 Å². The van der Waals surface area contributed by atoms with E-state index < -0.39 is 10.2 Å². The van der Waals surface area contributed by atoms with Gasteiger partial charge in [-0.05, 0) is 26.3 Å². The lowest BCUT2D eigenvalue weighted by Gasteiger charge is -2.40. The highest BCUT2D eigenvalue weighted by Crippen LogP contribution is 2.26. The number of piperazine rings is 2. The summed E-state index contributed by atoms with van der Waals surface area (Å²) in [6.45, 7) is 4.35. The molecule has 0 radical (unpaired) electrons. The quantitative estimate of drug-likeness (QED) is 0.695. The Bertz CT molecular complexity index is 568. The van der Waals surface area contributed by atoms with Crippen LogP contribution < -0.4 is 5.73 Å². The maximum atomic E-state index is 12.8. The first kappa shape index (κ1) is 19.0. The van der Waals surface area contributed by atoms with Crippen LogP contribution in [0.4, 0.5) is 0 Å². The van der Waals surface area contributed by atoms with Crippen LogP contribution in [0.15, 0.2) is 0 Å². The average molecular weight is 374 g/mol. The number of hydrogen-bond donors (Lipinski definition) is 1. The van der Waals surface area contributed by atoms with Crippen LogP contribution in [0.5, 0.6) is 0 Å². The molecule has 2 unspecified atom stereocenters. The van der Waals surface area contributed by atoms with E-state index in [0.717, 1.165) is 38.8 Å². The van der Waals surface area contributed by atoms with Gasteiger partial charge in [-0.25, -0.2) is 0 Å². The summed E-state index contributed by atoms with van der Waals surface area (Å²) >= 11 is 0. The van der Waals surface area contributed by atoms with Gasteiger partial charge in [0, 0.05) is 64.3 Å². The summed E-state index contributed by atoms with van der Waals surface area (Å²) in [5, 5.41) is 0. The number of likely N-dealkylation sites (N-methyl/N-ethyl adjacent to an activating group) is 1. The van der Waals surface area contributed by atoms with E-state index in [1.165, 1.54) is 4.31 Å². The van der Waals surface area contributed by atoms with Gasteiger partial charge in [0.05, 0.1) is 0 Å². The standard InChI is InChI=1S/C16H31N5O3S/c1-18-5-9-20(10-6-18)25(23,24)21-11-7-19(8-12-21)16(22)14-3-2-4-15(17)13-14/h14-15H,2-13,17H2,1H3. The van der Waals surface area contributed by atoms with Crippen LogP contribution in [0.25, 0.3) is 0 Å². The minimum atomic E-state index is -3.41. The molecule has 2 N–H and O–H groups in total. The maximum absolute atomic E-state index is 12.8. The van der Waals surface area contributed by atoms with Gasteiger partial charge in [-0.1, -0.05) is 6.42 Å². The first-order chi connectivity index (χ1) is 11.9. The summed E-state index contributed by atoms with van der Waals surface area (Å²) in [7, 11) is -1.40. The molecule has 3 aliphatic rings. The van der Waals surface area contributed by atoms with Gasteiger partial charge in [0.15, 0.2) is 0 Å². The van der Waals surface area contributed by atoms with Gasteiger partial charge in [-0.2, -0.15) is 17.0 Å². The molecule has 3 rings (SSSR count). The van der Waals surface area contributed by atoms with Crippen molar-refractivity contribution in [1.82, 2.24) is 18.4 Å². The highest BCUT2D eigenvalue weighted by molar-refractivity contribution is 7.86. The topological polar surface area (TPSA) is 90.2 Å². The zero-order chi connectivity index (χ0) is 18.0. The van der Waals surface area contributed by atoms with Crippen LogP contribution in [0.2, 0.25) is 0 Å². The van der Waals surface area contributed by atoms with E-state index >= 15 is 0 Å². The molecule has 0 aromatic rings. The van der Waals surface area contributed by atoms with E-state index in [1.54, 1.807) is 4.31 Å². The van der Waals surface area contributed by atoms with E-state index in [9.17, 15) is 13.2 Å². The first-order valence-electron chi connectivity index (χ1n) is 9.36. The van der Waals surface area contributed by atoms with Gasteiger partial charge < -0.3 is 15.5 Å². The molecule has 0 aromatic heterocycles. The van der Waals surface area contributed by atoms with Crippen molar-refractivity contribution in [3.8, 4) is 0 Å². The van der Waals surface area contributed by atoms with Gasteiger partial charge in [-0.15, -0.1) is 0 Å². The minimum Gasteiger partial charge on any atom is -0.340 e. The first-order valence-corrected chi connectivity index (χ1v) is 10.8. The van der Waals surface area contributed by atoms with E-state index in [1.807, 2.05) is 11.9 Å². The van der Waals surface area contributed by atoms with Gasteiger partial charge >= 0.3 is 0 Å². The van der Waals surface area contributed by atoms with Crippen molar-refractivity contribution < 1.29 is 13.2 Å². The van der Waals surface area contributed by atoms with Crippen molar-refractivity contribution >= 4 is 16.1 Å². The average Bonchev–Trinajstić information content (AvgIpc) is 2.61. The molecule has 0 bridgehead atoms. The number of nitrogens with zero attached hydrogens (tertiary/aromatic N) is 4. The predicted octanol–water partition coefficient (Wildman–Crippen LogP) is -0.860. The summed E-state index contributed by atoms with van der Waals surface area (Å²) in [6, 6.07) is 0.126. The van der Waals surface area contributed by atoms with E-state index in [2.05, 4.69) is 4.90 Å². The van der Waals surface area contributed by atoms with E-state index in [4.69, 9.17) is 5.73 Å². The SMILES string of the molecule is CN1CCN(S(=O)(=O)N2CCN(C(=O)C3CCCC(N)C3)CC2)CC1. The van der Waals surface area contributed by atoms with Gasteiger partial charge in [-0.3, -0.25) is 4.79 Å². The molecule has 0 spiro atoms. The molecule has 2 atom stereocenters. The molecule has 0 aromatic carbocycles. The molecule has 8 nitrogen and oxygen atoms in total. The predicted molar refractivity (Wildman–Crippen MR) is 96.1 cm³/mol. The molecule has 3 fully saturated rings. The smallest absolute Gasteiger partial charge is 0.282 e. The second-order valence-corrected chi connectivity index (χ2v) is 9.49. The fourth-order valence-corrected chi connectivity index (χ4v) is 5.61. The molecule has 1 aliphatic carbocycles. The summed E-state index contributed by atoms with van der Waals surface area (Å²) in [5.74, 6) is 0.177. The number of carbonyl (C=O) groups excluding carboxylic acids is 1. The number of rotatable bonds is 3. The highest BCUT2D eigenvalue weighted by Gasteiger charge is 2.36. The molecule has 144 valence electrons. The Morgan fingerprint density at radius 2 is 1.48 bits per heavy atom. The largest absolute Gasteiger partial charge is 0.340 e. The summed E-state index contributed by atoms with van der Waals surface area (Å²) < 4.78 is 28.7. The Labute approximate surface area is 151 Å². The van der Waals surface area contributed by atoms with Gasteiger partial charge in [0.1, 0.15) is 0 Å². The van der Waals surface area contributed by atoms with Crippen molar-refractivity contribution in [2.75, 3.05) is 59.4 Å². The third kappa shape index (κ3) is 4.33. The van der Waals surface area contributed by atoms with Crippen LogP contribution in [-0.4, -0.2) is 98.2 Å². The molecule has 2 heterocycles. The van der Waals surface area contributed by atoms with Crippen molar-refractivity contribution in [3.05, 3.63) is 0 Å². The van der Waals surface area contributed by atoms with E-state index in [-0.39, 0.29) is 17.9 Å². The van der Waals surface area contributed by atoms with Crippen molar-refractivity contribution in [1.29, 1.82) is 0 Å². The fourth-order valence-electron chi connectivity index (χ4n) is 4.03. The number of hydrogen-bond acceptors (Lipinski definition) is 5. The van der Waals surface area contributed by atoms with Crippen LogP contribution in [0.3, 0.4) is 0 Å². The Kier molecular flexibility index (Phi) is 5.99. The lowest BCUT2D eigenvalue weighted by molar-refractivity contribution is -0.138. The maximum Gasteiger partial charge on any atom is 0.282 e. The Hall–Kier alpha value is -0.740. The number of carbonyl (C=O) groups is 1. The highest BCUT2D eigenvalue weighted by atomic mass is 32.2. The Morgan fingerprint density at radius 3 is 2.04 bits per heavy atom. The Morgan fingerprint density at radius 1 is 0.920 bits per heavy atom. The van der Waals surface area contributed by atoms with Crippen LogP contribution in [-0.2, 0) is 15.0 Å². The van der Waals surface area contributed by atoms with Crippen LogP contribution in [0.1, 0.15) is 25.7 Å². The molecule has 2 saturated heterocycles. The molecule has 1 saturated carbocycles. The van der Waals surface area contributed by atoms with Gasteiger partial charge in [0.25, 0.3) is 10.2 Å². The second kappa shape index (κ2) is 7.87. The summed E-state index contributed by atoms with van der Waals surface area (Å²) in [5.41, 5.74) is 6.00. The van der Waals surface area contributed by atoms with Crippen LogP contribution >= 0.6 is 0 Å². The second-order valence-electron chi connectivity index (χ2n) is 7.56. The molecular weight excluding hydrogens is 342 g/mol. The number of nitrogens with two attached hydrogens (primary N) is 1. The van der Waals surface area contributed by atoms with Crippen molar-refractivity contribution in [3.63, 3.8) is 0 Å². The molecule has 2 aliphatic heterocycles. The zero-order valence-electron chi connectivity index (χ0n) is 15.1. The third-order valence-electron chi connectivity index (χ3n) is 5.73. The molecule has 25 heavy (non-hydrogen) atoms. The monoisotopic (exact) mass is 373 g/mol. The Balaban J connectivity index is 1.53. The third-order valence-corrected chi connectivity index (χ3v) is 7.76. The van der Waals surface area contributed by atoms with Crippen molar-refractivity contribution in [2.24, 2.45) is 11.7 Å².